The van der Waals surface area contributed by atoms with Crippen molar-refractivity contribution in [1.82, 2.24) is 0 Å². The Balaban J connectivity index is 2.62. The molecule has 9 heavy (non-hydrogen) atoms. The Hall–Kier alpha value is 0.320. The van der Waals surface area contributed by atoms with Crippen LogP contribution < -0.4 is 0 Å². The van der Waals surface area contributed by atoms with Gasteiger partial charge in [-0.25, -0.2) is 0 Å². The van der Waals surface area contributed by atoms with E-state index in [4.69, 9.17) is 23.2 Å². The molecule has 0 bridgehead atoms. The Morgan fingerprint density at radius 3 is 1.67 bits per heavy atom. The van der Waals surface area contributed by atoms with Crippen LogP contribution >= 0.6 is 23.2 Å². The van der Waals surface area contributed by atoms with Crippen LogP contribution in [0.5, 0.6) is 0 Å². The zero-order valence-corrected chi connectivity index (χ0v) is 7.35. The predicted octanol–water partition coefficient (Wildman–Crippen LogP) is 3.15. The van der Waals surface area contributed by atoms with Crippen LogP contribution in [-0.2, 0) is 0 Å². The van der Waals surface area contributed by atoms with Crippen LogP contribution in [0.1, 0.15) is 20.8 Å². The van der Waals surface area contributed by atoms with Crippen LogP contribution in [0, 0.1) is 5.41 Å². The highest BCUT2D eigenvalue weighted by Gasteiger charge is 2.46. The minimum atomic E-state index is -0.613. The molecule has 0 aromatic rings. The molecule has 1 aliphatic rings. The van der Waals surface area contributed by atoms with Crippen molar-refractivity contribution in [2.75, 3.05) is 0 Å². The van der Waals surface area contributed by atoms with Crippen molar-refractivity contribution in [1.29, 1.82) is 0 Å². The molecule has 0 atom stereocenters. The maximum atomic E-state index is 5.76. The van der Waals surface area contributed by atoms with Gasteiger partial charge < -0.3 is 0 Å². The molecule has 0 aromatic carbocycles. The second-order valence-electron chi connectivity index (χ2n) is 3.43. The van der Waals surface area contributed by atoms with Crippen molar-refractivity contribution in [3.63, 3.8) is 0 Å². The quantitative estimate of drug-likeness (QED) is 0.382. The molecule has 52 valence electrons. The summed E-state index contributed by atoms with van der Waals surface area (Å²) in [5.41, 5.74) is 1.28. The third kappa shape index (κ3) is 1.42. The number of allylic oxidation sites excluding steroid dienone is 2. The molecule has 0 amide bonds. The van der Waals surface area contributed by atoms with E-state index in [1.165, 1.54) is 0 Å². The van der Waals surface area contributed by atoms with Gasteiger partial charge in [0.05, 0.1) is 0 Å². The van der Waals surface area contributed by atoms with Gasteiger partial charge in [-0.3, -0.25) is 0 Å². The molecule has 0 radical (unpaired) electrons. The molecule has 0 aromatic heterocycles. The van der Waals surface area contributed by atoms with Crippen LogP contribution in [-0.4, -0.2) is 4.33 Å². The number of rotatable bonds is 0. The van der Waals surface area contributed by atoms with Gasteiger partial charge in [0.1, 0.15) is 0 Å². The molecule has 1 rings (SSSR count). The monoisotopic (exact) mass is 164 g/mol. The molecule has 0 spiro atoms. The minimum Gasteiger partial charge on any atom is -0.0919 e. The molecule has 0 unspecified atom stereocenters. The summed E-state index contributed by atoms with van der Waals surface area (Å²) in [6, 6.07) is 0. The normalized spacial score (nSPS) is 23.4. The smallest absolute Gasteiger partial charge is 0.0919 e. The van der Waals surface area contributed by atoms with Crippen LogP contribution in [0.4, 0.5) is 0 Å². The highest BCUT2D eigenvalue weighted by molar-refractivity contribution is 6.55. The summed E-state index contributed by atoms with van der Waals surface area (Å²) in [5, 5.41) is 0. The lowest BCUT2D eigenvalue weighted by Crippen LogP contribution is -2.08. The average molecular weight is 165 g/mol. The Bertz CT molecular complexity index is 160. The molecule has 0 N–H and O–H groups in total. The van der Waals surface area contributed by atoms with Gasteiger partial charge in [-0.1, -0.05) is 44.0 Å². The van der Waals surface area contributed by atoms with Gasteiger partial charge in [0, 0.05) is 0 Å². The van der Waals surface area contributed by atoms with Crippen molar-refractivity contribution in [3.05, 3.63) is 11.6 Å². The van der Waals surface area contributed by atoms with E-state index < -0.39 is 4.33 Å². The van der Waals surface area contributed by atoms with Crippen LogP contribution in [0.2, 0.25) is 0 Å². The molecule has 0 saturated heterocycles. The van der Waals surface area contributed by atoms with Crippen LogP contribution in [0.25, 0.3) is 0 Å². The predicted molar refractivity (Wildman–Crippen MR) is 42.0 cm³/mol. The van der Waals surface area contributed by atoms with Gasteiger partial charge in [-0.05, 0) is 17.1 Å². The average Bonchev–Trinajstić information content (AvgIpc) is 2.10. The first kappa shape index (κ1) is 7.43. The molecule has 2 heteroatoms. The van der Waals surface area contributed by atoms with E-state index in [2.05, 4.69) is 20.8 Å². The zero-order valence-electron chi connectivity index (χ0n) is 5.83. The van der Waals surface area contributed by atoms with Gasteiger partial charge in [-0.2, -0.15) is 0 Å². The SMILES string of the molecule is CC(C)(C)C1=CC1(Cl)Cl. The lowest BCUT2D eigenvalue weighted by molar-refractivity contribution is 0.516. The van der Waals surface area contributed by atoms with Crippen LogP contribution in [0.3, 0.4) is 0 Å². The van der Waals surface area contributed by atoms with E-state index >= 15 is 0 Å². The second kappa shape index (κ2) is 1.67. The number of hydrogen-bond donors (Lipinski definition) is 0. The Labute approximate surface area is 65.8 Å². The summed E-state index contributed by atoms with van der Waals surface area (Å²) in [6.07, 6.45) is 1.89. The summed E-state index contributed by atoms with van der Waals surface area (Å²) < 4.78 is -0.613. The molecule has 0 saturated carbocycles. The summed E-state index contributed by atoms with van der Waals surface area (Å²) in [6.45, 7) is 6.31. The Morgan fingerprint density at radius 2 is 1.67 bits per heavy atom. The molecule has 0 heterocycles. The largest absolute Gasteiger partial charge is 0.158 e. The summed E-state index contributed by atoms with van der Waals surface area (Å²) in [7, 11) is 0. The first-order chi connectivity index (χ1) is 3.84. The van der Waals surface area contributed by atoms with E-state index in [0.29, 0.717) is 0 Å². The van der Waals surface area contributed by atoms with Gasteiger partial charge in [0.2, 0.25) is 0 Å². The van der Waals surface area contributed by atoms with E-state index in [1.54, 1.807) is 0 Å². The van der Waals surface area contributed by atoms with Crippen LogP contribution in [0.15, 0.2) is 11.6 Å². The van der Waals surface area contributed by atoms with E-state index in [9.17, 15) is 0 Å². The first-order valence-corrected chi connectivity index (χ1v) is 3.71. The third-order valence-electron chi connectivity index (χ3n) is 1.41. The minimum absolute atomic E-state index is 0.142. The fraction of sp³-hybridized carbons (Fsp3) is 0.714. The highest BCUT2D eigenvalue weighted by atomic mass is 35.5. The van der Waals surface area contributed by atoms with Crippen molar-refractivity contribution < 1.29 is 0 Å². The molecule has 1 aliphatic carbocycles. The molecule has 0 aliphatic heterocycles. The van der Waals surface area contributed by atoms with Gasteiger partial charge in [-0.15, -0.1) is 0 Å². The number of halogens is 2. The maximum absolute atomic E-state index is 5.76. The van der Waals surface area contributed by atoms with E-state index in [0.717, 1.165) is 5.57 Å². The lowest BCUT2D eigenvalue weighted by Gasteiger charge is -2.16. The first-order valence-electron chi connectivity index (χ1n) is 2.96. The van der Waals surface area contributed by atoms with Gasteiger partial charge in [0.25, 0.3) is 0 Å². The third-order valence-corrected chi connectivity index (χ3v) is 2.03. The van der Waals surface area contributed by atoms with Crippen molar-refractivity contribution in [2.45, 2.75) is 25.1 Å². The van der Waals surface area contributed by atoms with Gasteiger partial charge in [0.15, 0.2) is 4.33 Å². The summed E-state index contributed by atoms with van der Waals surface area (Å²) in [4.78, 5) is 0. The standard InChI is InChI=1S/C7H10Cl2/c1-6(2,3)5-4-7(5,8)9/h4H,1-3H3. The fourth-order valence-corrected chi connectivity index (χ4v) is 1.65. The van der Waals surface area contributed by atoms with Gasteiger partial charge >= 0.3 is 0 Å². The number of alkyl halides is 2. The van der Waals surface area contributed by atoms with Crippen molar-refractivity contribution in [2.24, 2.45) is 5.41 Å². The maximum Gasteiger partial charge on any atom is 0.158 e. The van der Waals surface area contributed by atoms with Crippen molar-refractivity contribution >= 4 is 23.2 Å². The number of hydrogen-bond acceptors (Lipinski definition) is 0. The lowest BCUT2D eigenvalue weighted by atomic mass is 9.93. The zero-order chi connectivity index (χ0) is 7.28. The Kier molecular flexibility index (Phi) is 1.38. The summed E-state index contributed by atoms with van der Waals surface area (Å²) in [5.74, 6) is 0. The molecule has 0 fully saturated rings. The van der Waals surface area contributed by atoms with Crippen molar-refractivity contribution in [3.8, 4) is 0 Å². The van der Waals surface area contributed by atoms with E-state index in [1.807, 2.05) is 6.08 Å². The van der Waals surface area contributed by atoms with E-state index in [-0.39, 0.29) is 5.41 Å². The summed E-state index contributed by atoms with van der Waals surface area (Å²) >= 11 is 11.5. The fourth-order valence-electron chi connectivity index (χ4n) is 0.862. The Morgan fingerprint density at radius 1 is 1.33 bits per heavy atom. The highest BCUT2D eigenvalue weighted by Crippen LogP contribution is 2.53. The topological polar surface area (TPSA) is 0 Å². The second-order valence-corrected chi connectivity index (χ2v) is 4.82. The molecule has 0 nitrogen and oxygen atoms in total. The molecular formula is C7H10Cl2. The molecular weight excluding hydrogens is 155 g/mol.